The highest BCUT2D eigenvalue weighted by Gasteiger charge is 2.31. The maximum Gasteiger partial charge on any atom is 0.241 e. The summed E-state index contributed by atoms with van der Waals surface area (Å²) < 4.78 is 11.3. The number of ether oxygens (including phenoxy) is 2. The van der Waals surface area contributed by atoms with Gasteiger partial charge in [-0.25, -0.2) is 5.43 Å². The third kappa shape index (κ3) is 3.40. The number of carbonyl (C=O) groups is 1. The zero-order valence-electron chi connectivity index (χ0n) is 13.8. The quantitative estimate of drug-likeness (QED) is 0.919. The fraction of sp³-hybridized carbons (Fsp3) is 0.263. The molecular formula is C19H20N2O3. The summed E-state index contributed by atoms with van der Waals surface area (Å²) in [5.74, 6) is 1.22. The standard InChI is InChI=1S/C19H20N2O3/c1-19(11-18(22)21-20-13-19)15-8-9-16(23-2)17(10-15)24-12-14-6-4-3-5-7-14/h3-10,13H,11-12H2,1-2H3,(H,21,22). The van der Waals surface area contributed by atoms with Gasteiger partial charge in [-0.15, -0.1) is 0 Å². The summed E-state index contributed by atoms with van der Waals surface area (Å²) in [6.45, 7) is 2.43. The van der Waals surface area contributed by atoms with Crippen molar-refractivity contribution in [1.29, 1.82) is 0 Å². The minimum Gasteiger partial charge on any atom is -0.493 e. The van der Waals surface area contributed by atoms with E-state index in [1.165, 1.54) is 0 Å². The second-order valence-electron chi connectivity index (χ2n) is 6.03. The van der Waals surface area contributed by atoms with Gasteiger partial charge in [0.25, 0.3) is 0 Å². The first-order valence-electron chi connectivity index (χ1n) is 7.79. The van der Waals surface area contributed by atoms with Crippen molar-refractivity contribution in [3.8, 4) is 11.5 Å². The summed E-state index contributed by atoms with van der Waals surface area (Å²) in [7, 11) is 1.61. The molecule has 2 aromatic carbocycles. The molecule has 0 aliphatic carbocycles. The van der Waals surface area contributed by atoms with Crippen LogP contribution in [0.15, 0.2) is 53.6 Å². The highest BCUT2D eigenvalue weighted by atomic mass is 16.5. The predicted octanol–water partition coefficient (Wildman–Crippen LogP) is 3.04. The second-order valence-corrected chi connectivity index (χ2v) is 6.03. The van der Waals surface area contributed by atoms with E-state index in [4.69, 9.17) is 9.47 Å². The van der Waals surface area contributed by atoms with Crippen LogP contribution >= 0.6 is 0 Å². The second kappa shape index (κ2) is 6.74. The summed E-state index contributed by atoms with van der Waals surface area (Å²) in [5.41, 5.74) is 4.05. The summed E-state index contributed by atoms with van der Waals surface area (Å²) in [4.78, 5) is 11.7. The normalized spacial score (nSPS) is 19.7. The molecule has 0 saturated carbocycles. The molecule has 0 saturated heterocycles. The van der Waals surface area contributed by atoms with E-state index in [9.17, 15) is 4.79 Å². The predicted molar refractivity (Wildman–Crippen MR) is 92.4 cm³/mol. The molecule has 1 atom stereocenters. The number of amides is 1. The van der Waals surface area contributed by atoms with Crippen molar-refractivity contribution in [2.24, 2.45) is 5.10 Å². The SMILES string of the molecule is COc1ccc(C2(C)C=NNC(=O)C2)cc1OCc1ccccc1. The molecule has 0 bridgehead atoms. The summed E-state index contributed by atoms with van der Waals surface area (Å²) in [6, 6.07) is 15.7. The lowest BCUT2D eigenvalue weighted by atomic mass is 9.79. The van der Waals surface area contributed by atoms with Crippen molar-refractivity contribution in [3.05, 3.63) is 59.7 Å². The van der Waals surface area contributed by atoms with Crippen molar-refractivity contribution < 1.29 is 14.3 Å². The van der Waals surface area contributed by atoms with Gasteiger partial charge in [-0.2, -0.15) is 5.10 Å². The largest absolute Gasteiger partial charge is 0.493 e. The van der Waals surface area contributed by atoms with Crippen molar-refractivity contribution in [2.75, 3.05) is 7.11 Å². The summed E-state index contributed by atoms with van der Waals surface area (Å²) >= 11 is 0. The van der Waals surface area contributed by atoms with Crippen LogP contribution in [0.25, 0.3) is 0 Å². The van der Waals surface area contributed by atoms with Gasteiger partial charge in [0.2, 0.25) is 5.91 Å². The summed E-state index contributed by atoms with van der Waals surface area (Å²) in [6.07, 6.45) is 2.11. The number of carbonyl (C=O) groups excluding carboxylic acids is 1. The van der Waals surface area contributed by atoms with Gasteiger partial charge in [0.15, 0.2) is 11.5 Å². The Labute approximate surface area is 141 Å². The number of methoxy groups -OCH3 is 1. The average molecular weight is 324 g/mol. The summed E-state index contributed by atoms with van der Waals surface area (Å²) in [5, 5.41) is 3.96. The first-order chi connectivity index (χ1) is 11.6. The fourth-order valence-electron chi connectivity index (χ4n) is 2.72. The van der Waals surface area contributed by atoms with Gasteiger partial charge in [-0.05, 0) is 30.2 Å². The Morgan fingerprint density at radius 1 is 1.17 bits per heavy atom. The molecular weight excluding hydrogens is 304 g/mol. The average Bonchev–Trinajstić information content (AvgIpc) is 2.60. The monoisotopic (exact) mass is 324 g/mol. The van der Waals surface area contributed by atoms with Gasteiger partial charge in [0.05, 0.1) is 7.11 Å². The third-order valence-electron chi connectivity index (χ3n) is 4.13. The smallest absolute Gasteiger partial charge is 0.241 e. The van der Waals surface area contributed by atoms with Crippen molar-refractivity contribution in [2.45, 2.75) is 25.4 Å². The Hall–Kier alpha value is -2.82. The van der Waals surface area contributed by atoms with E-state index >= 15 is 0 Å². The molecule has 1 amide bonds. The van der Waals surface area contributed by atoms with E-state index < -0.39 is 5.41 Å². The molecule has 0 aromatic heterocycles. The molecule has 0 fully saturated rings. The number of benzene rings is 2. The van der Waals surface area contributed by atoms with Crippen LogP contribution in [0.2, 0.25) is 0 Å². The lowest BCUT2D eigenvalue weighted by molar-refractivity contribution is -0.122. The number of hydrazone groups is 1. The molecule has 1 aliphatic rings. The molecule has 5 heteroatoms. The zero-order valence-corrected chi connectivity index (χ0v) is 13.8. The Morgan fingerprint density at radius 2 is 1.96 bits per heavy atom. The van der Waals surface area contributed by atoms with E-state index in [-0.39, 0.29) is 5.91 Å². The molecule has 1 heterocycles. The Kier molecular flexibility index (Phi) is 4.51. The van der Waals surface area contributed by atoms with Crippen LogP contribution in [0.4, 0.5) is 0 Å². The Morgan fingerprint density at radius 3 is 2.67 bits per heavy atom. The first kappa shape index (κ1) is 16.1. The van der Waals surface area contributed by atoms with E-state index in [0.29, 0.717) is 24.5 Å². The van der Waals surface area contributed by atoms with Gasteiger partial charge < -0.3 is 9.47 Å². The third-order valence-corrected chi connectivity index (χ3v) is 4.13. The van der Waals surface area contributed by atoms with Gasteiger partial charge in [-0.3, -0.25) is 4.79 Å². The van der Waals surface area contributed by atoms with Crippen LogP contribution in [0.1, 0.15) is 24.5 Å². The maximum absolute atomic E-state index is 11.7. The molecule has 5 nitrogen and oxygen atoms in total. The first-order valence-corrected chi connectivity index (χ1v) is 7.79. The topological polar surface area (TPSA) is 59.9 Å². The zero-order chi connectivity index (χ0) is 17.0. The molecule has 24 heavy (non-hydrogen) atoms. The Balaban J connectivity index is 1.86. The van der Waals surface area contributed by atoms with Crippen LogP contribution in [0.3, 0.4) is 0 Å². The van der Waals surface area contributed by atoms with Crippen LogP contribution in [-0.2, 0) is 16.8 Å². The van der Waals surface area contributed by atoms with Crippen LogP contribution in [0, 0.1) is 0 Å². The van der Waals surface area contributed by atoms with E-state index in [1.54, 1.807) is 13.3 Å². The van der Waals surface area contributed by atoms with Gasteiger partial charge in [-0.1, -0.05) is 36.4 Å². The van der Waals surface area contributed by atoms with Gasteiger partial charge >= 0.3 is 0 Å². The van der Waals surface area contributed by atoms with Crippen molar-refractivity contribution in [1.82, 2.24) is 5.43 Å². The van der Waals surface area contributed by atoms with Crippen molar-refractivity contribution in [3.63, 3.8) is 0 Å². The molecule has 2 aromatic rings. The Bertz CT molecular complexity index is 758. The van der Waals surface area contributed by atoms with Crippen LogP contribution in [0.5, 0.6) is 11.5 Å². The highest BCUT2D eigenvalue weighted by Crippen LogP contribution is 2.35. The molecule has 1 unspecified atom stereocenters. The number of hydrogen-bond donors (Lipinski definition) is 1. The molecule has 1 aliphatic heterocycles. The molecule has 124 valence electrons. The van der Waals surface area contributed by atoms with Gasteiger partial charge in [0.1, 0.15) is 6.61 Å². The maximum atomic E-state index is 11.7. The van der Waals surface area contributed by atoms with E-state index in [2.05, 4.69) is 10.5 Å². The number of nitrogens with zero attached hydrogens (tertiary/aromatic N) is 1. The number of hydrogen-bond acceptors (Lipinski definition) is 4. The van der Waals surface area contributed by atoms with Gasteiger partial charge in [0, 0.05) is 18.1 Å². The number of rotatable bonds is 5. The minimum absolute atomic E-state index is 0.0948. The number of nitrogens with one attached hydrogen (secondary N) is 1. The fourth-order valence-corrected chi connectivity index (χ4v) is 2.72. The molecule has 0 spiro atoms. The van der Waals surface area contributed by atoms with Crippen LogP contribution < -0.4 is 14.9 Å². The molecule has 1 N–H and O–H groups in total. The van der Waals surface area contributed by atoms with E-state index in [0.717, 1.165) is 11.1 Å². The molecule has 0 radical (unpaired) electrons. The minimum atomic E-state index is -0.459. The van der Waals surface area contributed by atoms with E-state index in [1.807, 2.05) is 55.5 Å². The highest BCUT2D eigenvalue weighted by molar-refractivity contribution is 5.89. The lowest BCUT2D eigenvalue weighted by Crippen LogP contribution is -2.37. The lowest BCUT2D eigenvalue weighted by Gasteiger charge is -2.28. The van der Waals surface area contributed by atoms with Crippen molar-refractivity contribution >= 4 is 12.1 Å². The molecule has 3 rings (SSSR count). The van der Waals surface area contributed by atoms with Crippen LogP contribution in [-0.4, -0.2) is 19.2 Å².